The van der Waals surface area contributed by atoms with Crippen molar-refractivity contribution < 1.29 is 9.59 Å². The highest BCUT2D eigenvalue weighted by molar-refractivity contribution is 6.31. The van der Waals surface area contributed by atoms with Crippen LogP contribution in [0.2, 0.25) is 5.15 Å². The van der Waals surface area contributed by atoms with E-state index in [-0.39, 0.29) is 17.9 Å². The van der Waals surface area contributed by atoms with Gasteiger partial charge in [0.1, 0.15) is 5.15 Å². The molecule has 0 bridgehead atoms. The van der Waals surface area contributed by atoms with Gasteiger partial charge in [0.05, 0.1) is 16.9 Å². The van der Waals surface area contributed by atoms with Gasteiger partial charge in [-0.2, -0.15) is 5.10 Å². The fourth-order valence-corrected chi connectivity index (χ4v) is 3.14. The Balaban J connectivity index is 1.71. The molecule has 1 saturated carbocycles. The van der Waals surface area contributed by atoms with E-state index in [2.05, 4.69) is 29.6 Å². The minimum atomic E-state index is -0.334. The normalized spacial score (nSPS) is 13.9. The van der Waals surface area contributed by atoms with Crippen LogP contribution >= 0.6 is 11.6 Å². The number of para-hydroxylation sites is 1. The minimum Gasteiger partial charge on any atom is -0.349 e. The van der Waals surface area contributed by atoms with Crippen LogP contribution in [0.15, 0.2) is 30.3 Å². The van der Waals surface area contributed by atoms with Crippen molar-refractivity contribution in [1.82, 2.24) is 15.1 Å². The number of carbonyl (C=O) groups excluding carboxylic acids is 2. The Morgan fingerprint density at radius 1 is 1.32 bits per heavy atom. The molecule has 0 unspecified atom stereocenters. The fraction of sp³-hybridized carbons (Fsp3) is 0.381. The number of aryl methyl sites for hydroxylation is 1. The Kier molecular flexibility index (Phi) is 6.19. The number of nitrogens with zero attached hydrogens (tertiary/aromatic N) is 2. The smallest absolute Gasteiger partial charge is 0.253 e. The molecule has 2 N–H and O–H groups in total. The maximum atomic E-state index is 12.4. The zero-order valence-corrected chi connectivity index (χ0v) is 17.1. The van der Waals surface area contributed by atoms with E-state index < -0.39 is 0 Å². The molecule has 28 heavy (non-hydrogen) atoms. The van der Waals surface area contributed by atoms with Gasteiger partial charge in [-0.15, -0.1) is 0 Å². The molecule has 0 radical (unpaired) electrons. The van der Waals surface area contributed by atoms with Crippen molar-refractivity contribution in [3.63, 3.8) is 0 Å². The summed E-state index contributed by atoms with van der Waals surface area (Å²) in [5, 5.41) is 10.7. The summed E-state index contributed by atoms with van der Waals surface area (Å²) in [6.07, 6.45) is 5.08. The summed E-state index contributed by atoms with van der Waals surface area (Å²) in [4.78, 5) is 24.8. The SMILES string of the molecule is Cc1nn(CC(C)C)c(Cl)c1/C=C/C(=O)Nc1ccccc1C(=O)NC1CC1. The predicted molar refractivity (Wildman–Crippen MR) is 111 cm³/mol. The molecule has 0 atom stereocenters. The van der Waals surface area contributed by atoms with Crippen LogP contribution in [0.3, 0.4) is 0 Å². The summed E-state index contributed by atoms with van der Waals surface area (Å²) in [5.74, 6) is -0.0924. The van der Waals surface area contributed by atoms with Crippen LogP contribution in [0.25, 0.3) is 6.08 Å². The van der Waals surface area contributed by atoms with Gasteiger partial charge in [-0.25, -0.2) is 0 Å². The van der Waals surface area contributed by atoms with Gasteiger partial charge >= 0.3 is 0 Å². The van der Waals surface area contributed by atoms with Gasteiger partial charge in [0.2, 0.25) is 5.91 Å². The summed E-state index contributed by atoms with van der Waals surface area (Å²) in [7, 11) is 0. The maximum Gasteiger partial charge on any atom is 0.253 e. The van der Waals surface area contributed by atoms with E-state index >= 15 is 0 Å². The van der Waals surface area contributed by atoms with Crippen molar-refractivity contribution in [2.24, 2.45) is 5.92 Å². The highest BCUT2D eigenvalue weighted by Gasteiger charge is 2.24. The summed E-state index contributed by atoms with van der Waals surface area (Å²) in [5.41, 5.74) is 2.42. The van der Waals surface area contributed by atoms with E-state index in [4.69, 9.17) is 11.6 Å². The molecule has 1 aromatic heterocycles. The fourth-order valence-electron chi connectivity index (χ4n) is 2.84. The van der Waals surface area contributed by atoms with Crippen LogP contribution < -0.4 is 10.6 Å². The lowest BCUT2D eigenvalue weighted by Crippen LogP contribution is -2.26. The molecule has 148 valence electrons. The highest BCUT2D eigenvalue weighted by Crippen LogP contribution is 2.23. The number of rotatable bonds is 7. The molecule has 2 aromatic rings. The first kappa shape index (κ1) is 20.1. The molecule has 7 heteroatoms. The van der Waals surface area contributed by atoms with E-state index in [9.17, 15) is 9.59 Å². The van der Waals surface area contributed by atoms with E-state index in [0.717, 1.165) is 24.1 Å². The van der Waals surface area contributed by atoms with Gasteiger partial charge in [-0.3, -0.25) is 14.3 Å². The molecular formula is C21H25ClN4O2. The Labute approximate surface area is 170 Å². The molecule has 1 heterocycles. The number of hydrogen-bond acceptors (Lipinski definition) is 3. The average Bonchev–Trinajstić information content (AvgIpc) is 3.40. The average molecular weight is 401 g/mol. The van der Waals surface area contributed by atoms with Gasteiger partial charge in [-0.1, -0.05) is 37.6 Å². The highest BCUT2D eigenvalue weighted by atomic mass is 35.5. The standard InChI is InChI=1S/C21H25ClN4O2/c1-13(2)12-26-20(22)16(14(3)25-26)10-11-19(27)24-18-7-5-4-6-17(18)21(28)23-15-8-9-15/h4-7,10-11,13,15H,8-9,12H2,1-3H3,(H,23,28)(H,24,27)/b11-10+. The third kappa shape index (κ3) is 5.01. The van der Waals surface area contributed by atoms with E-state index in [0.29, 0.717) is 28.9 Å². The maximum absolute atomic E-state index is 12.4. The lowest BCUT2D eigenvalue weighted by atomic mass is 10.1. The number of aromatic nitrogens is 2. The lowest BCUT2D eigenvalue weighted by Gasteiger charge is -2.10. The van der Waals surface area contributed by atoms with Gasteiger partial charge in [0.15, 0.2) is 0 Å². The van der Waals surface area contributed by atoms with Crippen molar-refractivity contribution in [2.75, 3.05) is 5.32 Å². The molecule has 6 nitrogen and oxygen atoms in total. The molecule has 1 aliphatic carbocycles. The van der Waals surface area contributed by atoms with Crippen molar-refractivity contribution in [2.45, 2.75) is 46.2 Å². The molecule has 1 aromatic carbocycles. The van der Waals surface area contributed by atoms with E-state index in [1.54, 1.807) is 35.0 Å². The first-order valence-electron chi connectivity index (χ1n) is 9.47. The predicted octanol–water partition coefficient (Wildman–Crippen LogP) is 4.05. The number of halogens is 1. The summed E-state index contributed by atoms with van der Waals surface area (Å²) < 4.78 is 1.75. The number of hydrogen-bond donors (Lipinski definition) is 2. The molecular weight excluding hydrogens is 376 g/mol. The van der Waals surface area contributed by atoms with Crippen molar-refractivity contribution in [3.05, 3.63) is 52.3 Å². The zero-order valence-electron chi connectivity index (χ0n) is 16.3. The molecule has 1 aliphatic rings. The topological polar surface area (TPSA) is 76.0 Å². The number of nitrogens with one attached hydrogen (secondary N) is 2. The summed E-state index contributed by atoms with van der Waals surface area (Å²) >= 11 is 6.40. The molecule has 1 fully saturated rings. The number of carbonyl (C=O) groups is 2. The van der Waals surface area contributed by atoms with Crippen LogP contribution in [0, 0.1) is 12.8 Å². The minimum absolute atomic E-state index is 0.170. The Bertz CT molecular complexity index is 913. The number of amides is 2. The second-order valence-electron chi connectivity index (χ2n) is 7.48. The van der Waals surface area contributed by atoms with Gasteiger partial charge in [-0.05, 0) is 43.9 Å². The van der Waals surface area contributed by atoms with Gasteiger partial charge in [0.25, 0.3) is 5.91 Å². The summed E-state index contributed by atoms with van der Waals surface area (Å²) in [6.45, 7) is 6.75. The van der Waals surface area contributed by atoms with Crippen LogP contribution in [0.4, 0.5) is 5.69 Å². The monoisotopic (exact) mass is 400 g/mol. The zero-order chi connectivity index (χ0) is 20.3. The molecule has 2 amide bonds. The number of anilines is 1. The van der Waals surface area contributed by atoms with Crippen molar-refractivity contribution >= 4 is 35.2 Å². The largest absolute Gasteiger partial charge is 0.349 e. The molecule has 0 spiro atoms. The Hall–Kier alpha value is -2.60. The first-order chi connectivity index (χ1) is 13.3. The number of benzene rings is 1. The third-order valence-electron chi connectivity index (χ3n) is 4.39. The van der Waals surface area contributed by atoms with Crippen LogP contribution in [0.1, 0.15) is 48.3 Å². The molecule has 0 aliphatic heterocycles. The molecule has 3 rings (SSSR count). The van der Waals surface area contributed by atoms with Crippen molar-refractivity contribution in [1.29, 1.82) is 0 Å². The van der Waals surface area contributed by atoms with Gasteiger partial charge < -0.3 is 10.6 Å². The lowest BCUT2D eigenvalue weighted by molar-refractivity contribution is -0.111. The third-order valence-corrected chi connectivity index (χ3v) is 4.79. The Morgan fingerprint density at radius 2 is 2.04 bits per heavy atom. The van der Waals surface area contributed by atoms with Crippen LogP contribution in [-0.4, -0.2) is 27.6 Å². The van der Waals surface area contributed by atoms with Crippen LogP contribution in [0.5, 0.6) is 0 Å². The van der Waals surface area contributed by atoms with Crippen LogP contribution in [-0.2, 0) is 11.3 Å². The second kappa shape index (κ2) is 8.61. The summed E-state index contributed by atoms with van der Waals surface area (Å²) in [6, 6.07) is 7.23. The molecule has 0 saturated heterocycles. The quantitative estimate of drug-likeness (QED) is 0.688. The first-order valence-corrected chi connectivity index (χ1v) is 9.84. The van der Waals surface area contributed by atoms with Gasteiger partial charge in [0, 0.05) is 24.2 Å². The van der Waals surface area contributed by atoms with Crippen molar-refractivity contribution in [3.8, 4) is 0 Å². The van der Waals surface area contributed by atoms with E-state index in [1.807, 2.05) is 6.92 Å². The second-order valence-corrected chi connectivity index (χ2v) is 7.84. The van der Waals surface area contributed by atoms with E-state index in [1.165, 1.54) is 6.08 Å². The Morgan fingerprint density at radius 3 is 2.71 bits per heavy atom.